The average molecular weight is 265 g/mol. The number of benzene rings is 2. The van der Waals surface area contributed by atoms with Gasteiger partial charge in [0.2, 0.25) is 0 Å². The molecule has 0 amide bonds. The summed E-state index contributed by atoms with van der Waals surface area (Å²) in [6, 6.07) is 9.21. The van der Waals surface area contributed by atoms with Crippen molar-refractivity contribution in [3.8, 4) is 11.5 Å². The molecule has 0 spiro atoms. The van der Waals surface area contributed by atoms with Crippen LogP contribution in [0.2, 0.25) is 5.02 Å². The molecule has 0 atom stereocenters. The Morgan fingerprint density at radius 1 is 1.28 bits per heavy atom. The van der Waals surface area contributed by atoms with E-state index in [2.05, 4.69) is 0 Å². The highest BCUT2D eigenvalue weighted by atomic mass is 35.5. The molecule has 0 heterocycles. The maximum Gasteiger partial charge on any atom is 0.165 e. The van der Waals surface area contributed by atoms with E-state index in [1.54, 1.807) is 25.1 Å². The van der Waals surface area contributed by atoms with Gasteiger partial charge in [0.05, 0.1) is 5.56 Å². The zero-order valence-corrected chi connectivity index (χ0v) is 10.4. The molecular formula is C14H10ClFO2. The van der Waals surface area contributed by atoms with E-state index in [1.165, 1.54) is 18.2 Å². The molecule has 2 aromatic carbocycles. The van der Waals surface area contributed by atoms with E-state index < -0.39 is 5.82 Å². The van der Waals surface area contributed by atoms with Gasteiger partial charge in [-0.1, -0.05) is 23.7 Å². The van der Waals surface area contributed by atoms with Gasteiger partial charge in [0.15, 0.2) is 17.9 Å². The van der Waals surface area contributed by atoms with E-state index in [0.29, 0.717) is 22.4 Å². The number of carbonyl (C=O) groups excluding carboxylic acids is 1. The van der Waals surface area contributed by atoms with E-state index in [1.807, 2.05) is 0 Å². The Hall–Kier alpha value is -1.87. The quantitative estimate of drug-likeness (QED) is 0.769. The largest absolute Gasteiger partial charge is 0.453 e. The number of ether oxygens (including phenoxy) is 1. The van der Waals surface area contributed by atoms with Crippen molar-refractivity contribution in [2.75, 3.05) is 0 Å². The minimum atomic E-state index is -0.480. The number of rotatable bonds is 3. The second-order valence-corrected chi connectivity index (χ2v) is 4.22. The third-order valence-electron chi connectivity index (χ3n) is 2.48. The van der Waals surface area contributed by atoms with E-state index in [4.69, 9.17) is 16.3 Å². The van der Waals surface area contributed by atoms with E-state index in [0.717, 1.165) is 0 Å². The molecule has 0 N–H and O–H groups in total. The van der Waals surface area contributed by atoms with Gasteiger partial charge in [-0.3, -0.25) is 4.79 Å². The lowest BCUT2D eigenvalue weighted by Gasteiger charge is -2.11. The molecule has 2 nitrogen and oxygen atoms in total. The van der Waals surface area contributed by atoms with Crippen LogP contribution in [0.4, 0.5) is 4.39 Å². The molecule has 0 saturated carbocycles. The van der Waals surface area contributed by atoms with Crippen molar-refractivity contribution in [3.05, 3.63) is 58.4 Å². The van der Waals surface area contributed by atoms with Gasteiger partial charge < -0.3 is 4.74 Å². The third kappa shape index (κ3) is 2.51. The number of para-hydroxylation sites is 1. The Morgan fingerprint density at radius 2 is 2.06 bits per heavy atom. The van der Waals surface area contributed by atoms with Crippen LogP contribution in [0.15, 0.2) is 36.4 Å². The molecule has 0 radical (unpaired) electrons. The molecule has 4 heteroatoms. The number of aldehydes is 1. The van der Waals surface area contributed by atoms with Crippen molar-refractivity contribution in [2.45, 2.75) is 6.92 Å². The number of carbonyl (C=O) groups is 1. The molecule has 0 fully saturated rings. The zero-order valence-electron chi connectivity index (χ0n) is 9.61. The van der Waals surface area contributed by atoms with Crippen LogP contribution in [0.1, 0.15) is 15.9 Å². The lowest BCUT2D eigenvalue weighted by atomic mass is 10.2. The summed E-state index contributed by atoms with van der Waals surface area (Å²) in [5.74, 6) is -0.139. The normalized spacial score (nSPS) is 10.2. The van der Waals surface area contributed by atoms with Gasteiger partial charge >= 0.3 is 0 Å². The Balaban J connectivity index is 2.45. The molecule has 0 unspecified atom stereocenters. The first-order valence-corrected chi connectivity index (χ1v) is 5.67. The van der Waals surface area contributed by atoms with Crippen molar-refractivity contribution in [1.29, 1.82) is 0 Å². The van der Waals surface area contributed by atoms with Gasteiger partial charge in [0.25, 0.3) is 0 Å². The lowest BCUT2D eigenvalue weighted by Crippen LogP contribution is -1.94. The average Bonchev–Trinajstić information content (AvgIpc) is 2.34. The summed E-state index contributed by atoms with van der Waals surface area (Å²) >= 11 is 5.83. The van der Waals surface area contributed by atoms with Crippen LogP contribution < -0.4 is 4.74 Å². The standard InChI is InChI=1S/C14H10ClFO2/c1-9-3-2-4-12(16)14(9)18-13-7-11(15)6-5-10(13)8-17/h2-8H,1H3. The monoisotopic (exact) mass is 264 g/mol. The second kappa shape index (κ2) is 5.19. The molecule has 2 rings (SSSR count). The van der Waals surface area contributed by atoms with Gasteiger partial charge in [-0.2, -0.15) is 0 Å². The van der Waals surface area contributed by atoms with Crippen LogP contribution in [0.5, 0.6) is 11.5 Å². The molecule has 0 aromatic heterocycles. The van der Waals surface area contributed by atoms with Gasteiger partial charge in [-0.25, -0.2) is 4.39 Å². The highest BCUT2D eigenvalue weighted by Gasteiger charge is 2.11. The maximum atomic E-state index is 13.6. The molecule has 0 saturated heterocycles. The van der Waals surface area contributed by atoms with Crippen LogP contribution in [0.25, 0.3) is 0 Å². The number of hydrogen-bond donors (Lipinski definition) is 0. The summed E-state index contributed by atoms with van der Waals surface area (Å²) in [4.78, 5) is 10.9. The molecule has 0 aliphatic rings. The van der Waals surface area contributed by atoms with Crippen LogP contribution >= 0.6 is 11.6 Å². The van der Waals surface area contributed by atoms with E-state index in [-0.39, 0.29) is 11.5 Å². The van der Waals surface area contributed by atoms with Crippen LogP contribution in [0.3, 0.4) is 0 Å². The van der Waals surface area contributed by atoms with E-state index >= 15 is 0 Å². The summed E-state index contributed by atoms with van der Waals surface area (Å²) in [6.07, 6.45) is 0.641. The summed E-state index contributed by atoms with van der Waals surface area (Å²) < 4.78 is 19.1. The number of aryl methyl sites for hydroxylation is 1. The van der Waals surface area contributed by atoms with E-state index in [9.17, 15) is 9.18 Å². The smallest absolute Gasteiger partial charge is 0.165 e. The lowest BCUT2D eigenvalue weighted by molar-refractivity contribution is 0.112. The molecule has 0 aliphatic heterocycles. The highest BCUT2D eigenvalue weighted by Crippen LogP contribution is 2.31. The fourth-order valence-corrected chi connectivity index (χ4v) is 1.71. The van der Waals surface area contributed by atoms with Crippen molar-refractivity contribution in [2.24, 2.45) is 0 Å². The molecular weight excluding hydrogens is 255 g/mol. The Morgan fingerprint density at radius 3 is 2.72 bits per heavy atom. The van der Waals surface area contributed by atoms with Crippen molar-refractivity contribution >= 4 is 17.9 Å². The molecule has 0 aliphatic carbocycles. The van der Waals surface area contributed by atoms with Gasteiger partial charge in [-0.15, -0.1) is 0 Å². The van der Waals surface area contributed by atoms with Crippen LogP contribution in [-0.2, 0) is 0 Å². The molecule has 18 heavy (non-hydrogen) atoms. The first-order valence-electron chi connectivity index (χ1n) is 5.29. The highest BCUT2D eigenvalue weighted by molar-refractivity contribution is 6.30. The minimum absolute atomic E-state index is 0.0999. The summed E-state index contributed by atoms with van der Waals surface area (Å²) in [5.41, 5.74) is 0.967. The number of hydrogen-bond acceptors (Lipinski definition) is 2. The molecule has 0 bridgehead atoms. The van der Waals surface area contributed by atoms with Crippen LogP contribution in [-0.4, -0.2) is 6.29 Å². The Labute approximate surface area is 109 Å². The Kier molecular flexibility index (Phi) is 3.63. The summed E-state index contributed by atoms with van der Waals surface area (Å²) in [5, 5.41) is 0.421. The first-order chi connectivity index (χ1) is 8.61. The predicted molar refractivity (Wildman–Crippen MR) is 68.1 cm³/mol. The van der Waals surface area contributed by atoms with Crippen molar-refractivity contribution in [3.63, 3.8) is 0 Å². The van der Waals surface area contributed by atoms with Crippen LogP contribution in [0, 0.1) is 12.7 Å². The summed E-state index contributed by atoms with van der Waals surface area (Å²) in [6.45, 7) is 1.73. The van der Waals surface area contributed by atoms with Crippen molar-refractivity contribution < 1.29 is 13.9 Å². The topological polar surface area (TPSA) is 26.3 Å². The van der Waals surface area contributed by atoms with Crippen molar-refractivity contribution in [1.82, 2.24) is 0 Å². The summed E-state index contributed by atoms with van der Waals surface area (Å²) in [7, 11) is 0. The van der Waals surface area contributed by atoms with Gasteiger partial charge in [0, 0.05) is 11.1 Å². The fourth-order valence-electron chi connectivity index (χ4n) is 1.55. The second-order valence-electron chi connectivity index (χ2n) is 3.79. The predicted octanol–water partition coefficient (Wildman–Crippen LogP) is 4.39. The third-order valence-corrected chi connectivity index (χ3v) is 2.71. The SMILES string of the molecule is Cc1cccc(F)c1Oc1cc(Cl)ccc1C=O. The van der Waals surface area contributed by atoms with Gasteiger partial charge in [-0.05, 0) is 30.7 Å². The first kappa shape index (κ1) is 12.6. The minimum Gasteiger partial charge on any atom is -0.453 e. The molecule has 92 valence electrons. The van der Waals surface area contributed by atoms with Gasteiger partial charge in [0.1, 0.15) is 5.75 Å². The fraction of sp³-hybridized carbons (Fsp3) is 0.0714. The maximum absolute atomic E-state index is 13.6. The number of halogens is 2. The molecule has 2 aromatic rings. The Bertz CT molecular complexity index is 576. The zero-order chi connectivity index (χ0) is 13.1.